The van der Waals surface area contributed by atoms with Crippen LogP contribution in [0.15, 0.2) is 66.7 Å². The van der Waals surface area contributed by atoms with Gasteiger partial charge in [-0.15, -0.1) is 0 Å². The highest BCUT2D eigenvalue weighted by atomic mass is 19.4. The van der Waals surface area contributed by atoms with E-state index in [9.17, 15) is 31.4 Å². The maximum Gasteiger partial charge on any atom is 0.416 e. The lowest BCUT2D eigenvalue weighted by molar-refractivity contribution is -0.200. The predicted molar refractivity (Wildman–Crippen MR) is 120 cm³/mol. The fourth-order valence-electron chi connectivity index (χ4n) is 4.30. The Morgan fingerprint density at radius 3 is 2.29 bits per heavy atom. The first kappa shape index (κ1) is 24.8. The third-order valence-corrected chi connectivity index (χ3v) is 5.95. The predicted octanol–water partition coefficient (Wildman–Crippen LogP) is 5.90. The quantitative estimate of drug-likeness (QED) is 0.448. The normalized spacial score (nSPS) is 17.3. The topological polar surface area (TPSA) is 39.6 Å². The molecule has 0 saturated carbocycles. The molecule has 2 aromatic carbocycles. The number of anilines is 2. The summed E-state index contributed by atoms with van der Waals surface area (Å²) >= 11 is 0. The number of halogens is 6. The zero-order valence-electron chi connectivity index (χ0n) is 18.7. The molecular weight excluding hydrogens is 472 g/mol. The minimum Gasteiger partial charge on any atom is -0.382 e. The van der Waals surface area contributed by atoms with Crippen LogP contribution in [-0.2, 0) is 12.7 Å². The lowest BCUT2D eigenvalue weighted by Gasteiger charge is -2.45. The number of pyridine rings is 1. The minimum absolute atomic E-state index is 0.0958. The second kappa shape index (κ2) is 9.41. The first-order valence-electron chi connectivity index (χ1n) is 10.9. The molecule has 1 aromatic heterocycles. The second-order valence-electron chi connectivity index (χ2n) is 8.49. The summed E-state index contributed by atoms with van der Waals surface area (Å²) < 4.78 is 80.1. The van der Waals surface area contributed by atoms with E-state index in [-0.39, 0.29) is 12.1 Å². The van der Waals surface area contributed by atoms with E-state index in [1.54, 1.807) is 24.3 Å². The Labute approximate surface area is 198 Å². The standard InChI is InChI=1S/C25H23F6N3O/c1-16-6-4-9-19(32-16)13-33-14-22(17-7-5-8-18(12-17)24(26,27)28)34(15-23(35)25(29,30)31)21-11-3-2-10-20(21)33/h2-12,22-23,35H,13-15H2,1H3/t22?,23-/m1/s1. The Morgan fingerprint density at radius 1 is 0.943 bits per heavy atom. The van der Waals surface area contributed by atoms with Gasteiger partial charge in [0.05, 0.1) is 41.8 Å². The summed E-state index contributed by atoms with van der Waals surface area (Å²) in [4.78, 5) is 7.72. The molecular formula is C25H23F6N3O. The lowest BCUT2D eigenvalue weighted by atomic mass is 9.97. The van der Waals surface area contributed by atoms with E-state index in [1.165, 1.54) is 17.0 Å². The number of nitrogens with zero attached hydrogens (tertiary/aromatic N) is 3. The minimum atomic E-state index is -4.88. The van der Waals surface area contributed by atoms with Gasteiger partial charge in [0.25, 0.3) is 0 Å². The van der Waals surface area contributed by atoms with Gasteiger partial charge in [-0.2, -0.15) is 26.3 Å². The number of aliphatic hydroxyl groups is 1. The third-order valence-electron chi connectivity index (χ3n) is 5.95. The van der Waals surface area contributed by atoms with Crippen molar-refractivity contribution in [2.75, 3.05) is 22.9 Å². The highest BCUT2D eigenvalue weighted by Crippen LogP contribution is 2.43. The zero-order valence-corrected chi connectivity index (χ0v) is 18.7. The monoisotopic (exact) mass is 495 g/mol. The van der Waals surface area contributed by atoms with Crippen LogP contribution >= 0.6 is 0 Å². The Kier molecular flexibility index (Phi) is 6.68. The van der Waals surface area contributed by atoms with Crippen molar-refractivity contribution in [2.24, 2.45) is 0 Å². The smallest absolute Gasteiger partial charge is 0.382 e. The van der Waals surface area contributed by atoms with E-state index in [2.05, 4.69) is 4.98 Å². The molecule has 4 rings (SSSR count). The van der Waals surface area contributed by atoms with Crippen LogP contribution < -0.4 is 9.80 Å². The molecule has 0 fully saturated rings. The van der Waals surface area contributed by atoms with Gasteiger partial charge in [0.15, 0.2) is 6.10 Å². The molecule has 4 nitrogen and oxygen atoms in total. The number of aryl methyl sites for hydroxylation is 1. The van der Waals surface area contributed by atoms with Crippen molar-refractivity contribution in [3.63, 3.8) is 0 Å². The Bertz CT molecular complexity index is 1180. The number of β-amino-alcohol motifs (C(OH)–C–C–N with tert-alkyl or cyclic N) is 1. The van der Waals surface area contributed by atoms with Crippen molar-refractivity contribution >= 4 is 11.4 Å². The molecule has 1 N–H and O–H groups in total. The van der Waals surface area contributed by atoms with Crippen LogP contribution in [-0.4, -0.2) is 35.5 Å². The van der Waals surface area contributed by atoms with E-state index in [1.807, 2.05) is 30.0 Å². The molecule has 1 unspecified atom stereocenters. The van der Waals surface area contributed by atoms with Gasteiger partial charge in [0.1, 0.15) is 0 Å². The van der Waals surface area contributed by atoms with Gasteiger partial charge in [0, 0.05) is 12.2 Å². The summed E-state index contributed by atoms with van der Waals surface area (Å²) in [5.41, 5.74) is 1.80. The second-order valence-corrected chi connectivity index (χ2v) is 8.49. The summed E-state index contributed by atoms with van der Waals surface area (Å²) in [6.07, 6.45) is -12.2. The van der Waals surface area contributed by atoms with Crippen LogP contribution in [0.5, 0.6) is 0 Å². The van der Waals surface area contributed by atoms with Gasteiger partial charge in [-0.25, -0.2) is 0 Å². The lowest BCUT2D eigenvalue weighted by Crippen LogP contribution is -2.49. The SMILES string of the molecule is Cc1cccc(CN2CC(c3cccc(C(F)(F)F)c3)N(C[C@@H](O)C(F)(F)F)c3ccccc32)n1. The van der Waals surface area contributed by atoms with Crippen LogP contribution in [0.4, 0.5) is 37.7 Å². The van der Waals surface area contributed by atoms with Crippen LogP contribution in [0.3, 0.4) is 0 Å². The highest BCUT2D eigenvalue weighted by Gasteiger charge is 2.43. The van der Waals surface area contributed by atoms with E-state index in [4.69, 9.17) is 0 Å². The van der Waals surface area contributed by atoms with Gasteiger partial charge in [-0.05, 0) is 48.9 Å². The first-order chi connectivity index (χ1) is 16.4. The average molecular weight is 495 g/mol. The van der Waals surface area contributed by atoms with Crippen molar-refractivity contribution in [2.45, 2.75) is 38.0 Å². The molecule has 2 heterocycles. The Morgan fingerprint density at radius 2 is 1.63 bits per heavy atom. The number of hydrogen-bond acceptors (Lipinski definition) is 4. The van der Waals surface area contributed by atoms with Crippen molar-refractivity contribution < 1.29 is 31.4 Å². The number of aromatic nitrogens is 1. The van der Waals surface area contributed by atoms with E-state index in [0.717, 1.165) is 17.8 Å². The van der Waals surface area contributed by atoms with Crippen molar-refractivity contribution in [1.29, 1.82) is 0 Å². The van der Waals surface area contributed by atoms with Crippen molar-refractivity contribution in [3.05, 3.63) is 89.2 Å². The van der Waals surface area contributed by atoms with Gasteiger partial charge in [-0.1, -0.05) is 30.3 Å². The molecule has 10 heteroatoms. The number of aliphatic hydroxyl groups excluding tert-OH is 1. The summed E-state index contributed by atoms with van der Waals surface area (Å²) in [6, 6.07) is 15.9. The molecule has 0 bridgehead atoms. The summed E-state index contributed by atoms with van der Waals surface area (Å²) in [7, 11) is 0. The fraction of sp³-hybridized carbons (Fsp3) is 0.320. The van der Waals surface area contributed by atoms with Crippen molar-refractivity contribution in [3.8, 4) is 0 Å². The Balaban J connectivity index is 1.80. The van der Waals surface area contributed by atoms with Gasteiger partial charge in [0.2, 0.25) is 0 Å². The number of fused-ring (bicyclic) bond motifs is 1. The van der Waals surface area contributed by atoms with Crippen LogP contribution in [0, 0.1) is 6.92 Å². The maximum atomic E-state index is 13.4. The van der Waals surface area contributed by atoms with E-state index in [0.29, 0.717) is 23.6 Å². The van der Waals surface area contributed by atoms with Gasteiger partial charge in [-0.3, -0.25) is 4.98 Å². The maximum absolute atomic E-state index is 13.4. The van der Waals surface area contributed by atoms with E-state index < -0.39 is 36.6 Å². The summed E-state index contributed by atoms with van der Waals surface area (Å²) in [5, 5.41) is 9.87. The molecule has 2 atom stereocenters. The third kappa shape index (κ3) is 5.53. The van der Waals surface area contributed by atoms with Gasteiger partial charge < -0.3 is 14.9 Å². The number of hydrogen-bond donors (Lipinski definition) is 1. The average Bonchev–Trinajstić information content (AvgIpc) is 2.79. The molecule has 0 amide bonds. The molecule has 0 radical (unpaired) electrons. The van der Waals surface area contributed by atoms with Crippen LogP contribution in [0.25, 0.3) is 0 Å². The Hall–Kier alpha value is -3.27. The first-order valence-corrected chi connectivity index (χ1v) is 10.9. The molecule has 1 aliphatic heterocycles. The number of para-hydroxylation sites is 2. The molecule has 0 spiro atoms. The number of alkyl halides is 6. The summed E-state index contributed by atoms with van der Waals surface area (Å²) in [5.74, 6) is 0. The zero-order chi connectivity index (χ0) is 25.4. The van der Waals surface area contributed by atoms with Crippen molar-refractivity contribution in [1.82, 2.24) is 4.98 Å². The largest absolute Gasteiger partial charge is 0.416 e. The highest BCUT2D eigenvalue weighted by molar-refractivity contribution is 5.74. The molecule has 0 aliphatic carbocycles. The molecule has 1 aliphatic rings. The molecule has 35 heavy (non-hydrogen) atoms. The van der Waals surface area contributed by atoms with Crippen LogP contribution in [0.1, 0.15) is 28.6 Å². The molecule has 3 aromatic rings. The molecule has 0 saturated heterocycles. The van der Waals surface area contributed by atoms with E-state index >= 15 is 0 Å². The molecule has 186 valence electrons. The number of benzene rings is 2. The number of rotatable bonds is 5. The fourth-order valence-corrected chi connectivity index (χ4v) is 4.30. The summed E-state index contributed by atoms with van der Waals surface area (Å²) in [6.45, 7) is 1.42. The van der Waals surface area contributed by atoms with Gasteiger partial charge >= 0.3 is 12.4 Å². The van der Waals surface area contributed by atoms with Crippen LogP contribution in [0.2, 0.25) is 0 Å².